The van der Waals surface area contributed by atoms with Crippen molar-refractivity contribution in [3.8, 4) is 11.3 Å². The van der Waals surface area contributed by atoms with Crippen LogP contribution in [0.5, 0.6) is 0 Å². The number of aromatic amines is 1. The van der Waals surface area contributed by atoms with E-state index < -0.39 is 12.1 Å². The molecule has 1 saturated heterocycles. The van der Waals surface area contributed by atoms with Gasteiger partial charge in [0.1, 0.15) is 0 Å². The van der Waals surface area contributed by atoms with Crippen molar-refractivity contribution < 1.29 is 14.4 Å². The molecule has 146 valence electrons. The maximum absolute atomic E-state index is 12.3. The molecule has 0 unspecified atom stereocenters. The number of nitrogens with one attached hydrogen (secondary N) is 4. The maximum Gasteiger partial charge on any atom is 0.324 e. The molecule has 3 aromatic rings. The van der Waals surface area contributed by atoms with Gasteiger partial charge in [0.05, 0.1) is 18.8 Å². The molecule has 0 atom stereocenters. The Morgan fingerprint density at radius 2 is 1.86 bits per heavy atom. The summed E-state index contributed by atoms with van der Waals surface area (Å²) in [5, 5.41) is 14.8. The van der Waals surface area contributed by atoms with Crippen LogP contribution in [0.1, 0.15) is 5.56 Å². The first-order chi connectivity index (χ1) is 14.1. The van der Waals surface area contributed by atoms with Gasteiger partial charge in [-0.1, -0.05) is 42.5 Å². The summed E-state index contributed by atoms with van der Waals surface area (Å²) >= 11 is 0. The highest BCUT2D eigenvalue weighted by molar-refractivity contribution is 6.02. The summed E-state index contributed by atoms with van der Waals surface area (Å²) in [5.41, 5.74) is 3.00. The third-order valence-electron chi connectivity index (χ3n) is 4.37. The van der Waals surface area contributed by atoms with Crippen LogP contribution < -0.4 is 16.0 Å². The lowest BCUT2D eigenvalue weighted by atomic mass is 10.2. The van der Waals surface area contributed by atoms with Crippen LogP contribution in [0.3, 0.4) is 0 Å². The topological polar surface area (TPSA) is 119 Å². The van der Waals surface area contributed by atoms with Gasteiger partial charge in [0.15, 0.2) is 5.82 Å². The van der Waals surface area contributed by atoms with Gasteiger partial charge in [-0.15, -0.1) is 0 Å². The van der Waals surface area contributed by atoms with Gasteiger partial charge < -0.3 is 10.6 Å². The van der Waals surface area contributed by atoms with Gasteiger partial charge in [0, 0.05) is 11.8 Å². The van der Waals surface area contributed by atoms with E-state index in [0.29, 0.717) is 11.5 Å². The molecule has 1 aromatic heterocycles. The third-order valence-corrected chi connectivity index (χ3v) is 4.37. The number of urea groups is 2. The first-order valence-electron chi connectivity index (χ1n) is 8.94. The number of nitrogens with zero attached hydrogens (tertiary/aromatic N) is 2. The smallest absolute Gasteiger partial charge is 0.324 e. The number of hydrogen-bond donors (Lipinski definition) is 4. The lowest BCUT2D eigenvalue weighted by Crippen LogP contribution is -2.30. The van der Waals surface area contributed by atoms with E-state index in [1.54, 1.807) is 30.3 Å². The summed E-state index contributed by atoms with van der Waals surface area (Å²) in [6.07, 6.45) is 0. The fourth-order valence-electron chi connectivity index (χ4n) is 2.98. The summed E-state index contributed by atoms with van der Waals surface area (Å²) in [6, 6.07) is 17.4. The molecule has 2 aromatic carbocycles. The molecule has 5 amide bonds. The predicted octanol–water partition coefficient (Wildman–Crippen LogP) is 2.77. The quantitative estimate of drug-likeness (QED) is 0.501. The highest BCUT2D eigenvalue weighted by Gasteiger charge is 2.28. The van der Waals surface area contributed by atoms with E-state index in [-0.39, 0.29) is 19.0 Å². The minimum Gasteiger partial charge on any atom is -0.329 e. The van der Waals surface area contributed by atoms with E-state index in [0.717, 1.165) is 21.7 Å². The van der Waals surface area contributed by atoms with Crippen LogP contribution in [0.4, 0.5) is 21.1 Å². The molecule has 1 aliphatic rings. The summed E-state index contributed by atoms with van der Waals surface area (Å²) in [4.78, 5) is 36.8. The molecule has 4 rings (SSSR count). The standard InChI is InChI=1S/C20H18N6O3/c27-18-11-21-20(29)26(18)12-13-5-4-8-15(9-13)22-19(28)23-17-10-16(24-25-17)14-6-2-1-3-7-14/h1-10H,11-12H2,(H,21,29)(H3,22,23,24,25,28). The molecule has 1 aliphatic heterocycles. The zero-order chi connectivity index (χ0) is 20.2. The molecule has 0 spiro atoms. The normalized spacial score (nSPS) is 13.3. The van der Waals surface area contributed by atoms with Crippen LogP contribution in [-0.4, -0.2) is 39.6 Å². The predicted molar refractivity (Wildman–Crippen MR) is 107 cm³/mol. The number of carbonyl (C=O) groups excluding carboxylic acids is 3. The van der Waals surface area contributed by atoms with E-state index in [9.17, 15) is 14.4 Å². The number of benzene rings is 2. The molecule has 9 heteroatoms. The minimum absolute atomic E-state index is 0.00775. The second-order valence-corrected chi connectivity index (χ2v) is 6.45. The Kier molecular flexibility index (Phi) is 4.93. The van der Waals surface area contributed by atoms with E-state index in [4.69, 9.17) is 0 Å². The van der Waals surface area contributed by atoms with Gasteiger partial charge in [-0.05, 0) is 23.3 Å². The van der Waals surface area contributed by atoms with Gasteiger partial charge in [0.25, 0.3) is 0 Å². The number of anilines is 2. The Morgan fingerprint density at radius 3 is 2.62 bits per heavy atom. The number of rotatable bonds is 5. The van der Waals surface area contributed by atoms with Crippen LogP contribution in [0.25, 0.3) is 11.3 Å². The fourth-order valence-corrected chi connectivity index (χ4v) is 2.98. The number of H-pyrrole nitrogens is 1. The fraction of sp³-hybridized carbons (Fsp3) is 0.100. The number of carbonyl (C=O) groups is 3. The lowest BCUT2D eigenvalue weighted by molar-refractivity contribution is -0.125. The van der Waals surface area contributed by atoms with Crippen molar-refractivity contribution in [2.24, 2.45) is 0 Å². The largest absolute Gasteiger partial charge is 0.329 e. The monoisotopic (exact) mass is 390 g/mol. The molecular weight excluding hydrogens is 372 g/mol. The number of amides is 5. The van der Waals surface area contributed by atoms with Crippen LogP contribution in [-0.2, 0) is 11.3 Å². The van der Waals surface area contributed by atoms with Crippen molar-refractivity contribution in [3.05, 3.63) is 66.2 Å². The molecule has 1 fully saturated rings. The van der Waals surface area contributed by atoms with Gasteiger partial charge in [-0.2, -0.15) is 5.10 Å². The first kappa shape index (κ1) is 18.2. The second kappa shape index (κ2) is 7.85. The van der Waals surface area contributed by atoms with E-state index in [1.165, 1.54) is 0 Å². The van der Waals surface area contributed by atoms with Crippen LogP contribution in [0, 0.1) is 0 Å². The van der Waals surface area contributed by atoms with Gasteiger partial charge >= 0.3 is 12.1 Å². The van der Waals surface area contributed by atoms with Gasteiger partial charge in [0.2, 0.25) is 5.91 Å². The summed E-state index contributed by atoms with van der Waals surface area (Å²) in [6.45, 7) is 0.148. The van der Waals surface area contributed by atoms with Crippen molar-refractivity contribution >= 4 is 29.5 Å². The average molecular weight is 390 g/mol. The van der Waals surface area contributed by atoms with Gasteiger partial charge in [-0.3, -0.25) is 20.1 Å². The highest BCUT2D eigenvalue weighted by atomic mass is 16.2. The van der Waals surface area contributed by atoms with Crippen molar-refractivity contribution in [3.63, 3.8) is 0 Å². The molecule has 0 radical (unpaired) electrons. The van der Waals surface area contributed by atoms with Crippen LogP contribution in [0.2, 0.25) is 0 Å². The zero-order valence-electron chi connectivity index (χ0n) is 15.3. The average Bonchev–Trinajstić information content (AvgIpc) is 3.31. The van der Waals surface area contributed by atoms with Crippen molar-refractivity contribution in [1.82, 2.24) is 20.4 Å². The lowest BCUT2D eigenvalue weighted by Gasteiger charge is -2.13. The Bertz CT molecular complexity index is 1050. The highest BCUT2D eigenvalue weighted by Crippen LogP contribution is 2.19. The summed E-state index contributed by atoms with van der Waals surface area (Å²) in [5.74, 6) is 0.107. The Balaban J connectivity index is 1.38. The minimum atomic E-state index is -0.455. The number of hydrogen-bond acceptors (Lipinski definition) is 4. The van der Waals surface area contributed by atoms with Crippen LogP contribution >= 0.6 is 0 Å². The molecule has 2 heterocycles. The molecular formula is C20H18N6O3. The van der Waals surface area contributed by atoms with E-state index >= 15 is 0 Å². The molecule has 9 nitrogen and oxygen atoms in total. The summed E-state index contributed by atoms with van der Waals surface area (Å²) < 4.78 is 0. The van der Waals surface area contributed by atoms with E-state index in [1.807, 2.05) is 30.3 Å². The first-order valence-corrected chi connectivity index (χ1v) is 8.94. The van der Waals surface area contributed by atoms with Crippen molar-refractivity contribution in [1.29, 1.82) is 0 Å². The summed E-state index contributed by atoms with van der Waals surface area (Å²) in [7, 11) is 0. The zero-order valence-corrected chi connectivity index (χ0v) is 15.3. The van der Waals surface area contributed by atoms with E-state index in [2.05, 4.69) is 26.1 Å². The number of imide groups is 1. The maximum atomic E-state index is 12.3. The SMILES string of the molecule is O=C(Nc1cccc(CN2C(=O)CNC2=O)c1)Nc1cc(-c2ccccc2)[nH]n1. The molecule has 0 bridgehead atoms. The molecule has 4 N–H and O–H groups in total. The Morgan fingerprint density at radius 1 is 1.03 bits per heavy atom. The van der Waals surface area contributed by atoms with Crippen molar-refractivity contribution in [2.45, 2.75) is 6.54 Å². The molecule has 29 heavy (non-hydrogen) atoms. The van der Waals surface area contributed by atoms with Crippen LogP contribution in [0.15, 0.2) is 60.7 Å². The van der Waals surface area contributed by atoms with Gasteiger partial charge in [-0.25, -0.2) is 9.59 Å². The van der Waals surface area contributed by atoms with Crippen molar-refractivity contribution in [2.75, 3.05) is 17.2 Å². The molecule has 0 saturated carbocycles. The number of aromatic nitrogens is 2. The Labute approximate surface area is 166 Å². The molecule has 0 aliphatic carbocycles. The second-order valence-electron chi connectivity index (χ2n) is 6.45. The Hall–Kier alpha value is -4.14. The third kappa shape index (κ3) is 4.24.